The first-order valence-electron chi connectivity index (χ1n) is 7.60. The highest BCUT2D eigenvalue weighted by atomic mass is 35.5. The van der Waals surface area contributed by atoms with Gasteiger partial charge in [-0.1, -0.05) is 30.1 Å². The number of nitrogens with one attached hydrogen (secondary N) is 1. The molecular formula is C17H17Cl2N5. The minimum atomic E-state index is 0.530. The van der Waals surface area contributed by atoms with Crippen LogP contribution >= 0.6 is 23.2 Å². The third-order valence-electron chi connectivity index (χ3n) is 3.75. The fraction of sp³-hybridized carbons (Fsp3) is 0.235. The molecule has 3 rings (SSSR count). The van der Waals surface area contributed by atoms with Gasteiger partial charge in [0.15, 0.2) is 5.82 Å². The van der Waals surface area contributed by atoms with Gasteiger partial charge in [-0.2, -0.15) is 0 Å². The van der Waals surface area contributed by atoms with Crippen molar-refractivity contribution in [2.24, 2.45) is 7.05 Å². The molecule has 0 amide bonds. The van der Waals surface area contributed by atoms with Crippen LogP contribution in [0.25, 0.3) is 11.4 Å². The number of anilines is 1. The Morgan fingerprint density at radius 1 is 1.12 bits per heavy atom. The van der Waals surface area contributed by atoms with Crippen LogP contribution in [0.3, 0.4) is 0 Å². The van der Waals surface area contributed by atoms with E-state index in [2.05, 4.69) is 27.2 Å². The van der Waals surface area contributed by atoms with Crippen LogP contribution in [-0.2, 0) is 20.0 Å². The normalized spacial score (nSPS) is 10.8. The fourth-order valence-corrected chi connectivity index (χ4v) is 2.75. The molecule has 0 aliphatic carbocycles. The molecule has 124 valence electrons. The smallest absolute Gasteiger partial charge is 0.161 e. The largest absolute Gasteiger partial charge is 0.364 e. The van der Waals surface area contributed by atoms with Crippen LogP contribution in [0.4, 0.5) is 5.82 Å². The van der Waals surface area contributed by atoms with Gasteiger partial charge < -0.3 is 9.88 Å². The first-order chi connectivity index (χ1) is 11.6. The first-order valence-corrected chi connectivity index (χ1v) is 8.36. The van der Waals surface area contributed by atoms with Crippen molar-refractivity contribution in [3.05, 3.63) is 58.2 Å². The van der Waals surface area contributed by atoms with Crippen LogP contribution in [0.5, 0.6) is 0 Å². The zero-order chi connectivity index (χ0) is 17.1. The summed E-state index contributed by atoms with van der Waals surface area (Å²) in [6, 6.07) is 7.60. The summed E-state index contributed by atoms with van der Waals surface area (Å²) in [7, 11) is 1.88. The van der Waals surface area contributed by atoms with E-state index < -0.39 is 0 Å². The summed E-state index contributed by atoms with van der Waals surface area (Å²) in [6.07, 6.45) is 4.30. The van der Waals surface area contributed by atoms with Crippen molar-refractivity contribution in [3.63, 3.8) is 0 Å². The molecular weight excluding hydrogens is 345 g/mol. The summed E-state index contributed by atoms with van der Waals surface area (Å²) in [5.74, 6) is 1.45. The molecule has 0 saturated heterocycles. The van der Waals surface area contributed by atoms with Crippen molar-refractivity contribution >= 4 is 29.0 Å². The van der Waals surface area contributed by atoms with Gasteiger partial charge in [0.2, 0.25) is 0 Å². The van der Waals surface area contributed by atoms with E-state index in [0.717, 1.165) is 29.2 Å². The van der Waals surface area contributed by atoms with Gasteiger partial charge >= 0.3 is 0 Å². The van der Waals surface area contributed by atoms with E-state index in [-0.39, 0.29) is 0 Å². The Kier molecular flexibility index (Phi) is 5.02. The second-order valence-corrected chi connectivity index (χ2v) is 6.11. The van der Waals surface area contributed by atoms with Crippen molar-refractivity contribution in [2.75, 3.05) is 5.32 Å². The first kappa shape index (κ1) is 16.7. The number of pyridine rings is 1. The number of hydrogen-bond donors (Lipinski definition) is 1. The van der Waals surface area contributed by atoms with Crippen LogP contribution in [0.1, 0.15) is 18.3 Å². The molecule has 24 heavy (non-hydrogen) atoms. The summed E-state index contributed by atoms with van der Waals surface area (Å²) in [5.41, 5.74) is 2.89. The molecule has 0 aliphatic rings. The van der Waals surface area contributed by atoms with E-state index in [9.17, 15) is 0 Å². The van der Waals surface area contributed by atoms with Crippen LogP contribution in [0.15, 0.2) is 36.7 Å². The van der Waals surface area contributed by atoms with Crippen LogP contribution in [-0.4, -0.2) is 19.5 Å². The summed E-state index contributed by atoms with van der Waals surface area (Å²) in [5, 5.41) is 4.40. The fourth-order valence-electron chi connectivity index (χ4n) is 2.34. The van der Waals surface area contributed by atoms with E-state index in [4.69, 9.17) is 23.2 Å². The van der Waals surface area contributed by atoms with E-state index in [1.165, 1.54) is 0 Å². The summed E-state index contributed by atoms with van der Waals surface area (Å²) in [4.78, 5) is 13.2. The van der Waals surface area contributed by atoms with Gasteiger partial charge in [0.25, 0.3) is 0 Å². The average molecular weight is 362 g/mol. The lowest BCUT2D eigenvalue weighted by atomic mass is 10.2. The lowest BCUT2D eigenvalue weighted by Gasteiger charge is -2.10. The molecule has 3 aromatic heterocycles. The quantitative estimate of drug-likeness (QED) is 0.733. The monoisotopic (exact) mass is 361 g/mol. The number of rotatable bonds is 5. The molecule has 0 saturated carbocycles. The van der Waals surface area contributed by atoms with E-state index in [0.29, 0.717) is 22.5 Å². The summed E-state index contributed by atoms with van der Waals surface area (Å²) < 4.78 is 1.85. The number of hydrogen-bond acceptors (Lipinski definition) is 4. The lowest BCUT2D eigenvalue weighted by molar-refractivity contribution is 0.840. The average Bonchev–Trinajstić information content (AvgIpc) is 2.87. The highest BCUT2D eigenvalue weighted by molar-refractivity contribution is 6.41. The molecule has 7 heteroatoms. The van der Waals surface area contributed by atoms with Crippen molar-refractivity contribution in [1.29, 1.82) is 0 Å². The van der Waals surface area contributed by atoms with E-state index >= 15 is 0 Å². The predicted molar refractivity (Wildman–Crippen MR) is 97.4 cm³/mol. The minimum Gasteiger partial charge on any atom is -0.364 e. The van der Waals surface area contributed by atoms with Crippen molar-refractivity contribution in [3.8, 4) is 11.4 Å². The lowest BCUT2D eigenvalue weighted by Crippen LogP contribution is -2.07. The molecule has 0 radical (unpaired) electrons. The Bertz CT molecular complexity index is 846. The molecule has 3 aromatic rings. The van der Waals surface area contributed by atoms with Gasteiger partial charge in [0.1, 0.15) is 11.0 Å². The Morgan fingerprint density at radius 2 is 1.88 bits per heavy atom. The van der Waals surface area contributed by atoms with Crippen LogP contribution in [0.2, 0.25) is 10.2 Å². The van der Waals surface area contributed by atoms with Gasteiger partial charge in [0, 0.05) is 42.5 Å². The Morgan fingerprint density at radius 3 is 2.50 bits per heavy atom. The number of halogens is 2. The van der Waals surface area contributed by atoms with Crippen molar-refractivity contribution < 1.29 is 0 Å². The molecule has 0 aliphatic heterocycles. The standard InChI is InChI=1S/C17H17Cl2N5/c1-3-12-8-15(21-10-13-9-14(18)16(19)24(13)2)23-17(22-12)11-4-6-20-7-5-11/h4-9H,3,10H2,1-2H3,(H,21,22,23). The second kappa shape index (κ2) is 7.20. The molecule has 0 aromatic carbocycles. The van der Waals surface area contributed by atoms with Gasteiger partial charge in [-0.05, 0) is 24.6 Å². The molecule has 1 N–H and O–H groups in total. The summed E-state index contributed by atoms with van der Waals surface area (Å²) >= 11 is 12.2. The third-order valence-corrected chi connectivity index (χ3v) is 4.59. The molecule has 5 nitrogen and oxygen atoms in total. The van der Waals surface area contributed by atoms with E-state index in [1.54, 1.807) is 12.4 Å². The van der Waals surface area contributed by atoms with Gasteiger partial charge in [-0.15, -0.1) is 0 Å². The number of aryl methyl sites for hydroxylation is 1. The van der Waals surface area contributed by atoms with Gasteiger partial charge in [0.05, 0.1) is 11.6 Å². The number of nitrogens with zero attached hydrogens (tertiary/aromatic N) is 4. The van der Waals surface area contributed by atoms with Crippen molar-refractivity contribution in [2.45, 2.75) is 19.9 Å². The topological polar surface area (TPSA) is 55.6 Å². The number of aromatic nitrogens is 4. The molecule has 0 unspecified atom stereocenters. The maximum atomic E-state index is 6.10. The highest BCUT2D eigenvalue weighted by Gasteiger charge is 2.10. The Hall–Kier alpha value is -2.11. The highest BCUT2D eigenvalue weighted by Crippen LogP contribution is 2.26. The van der Waals surface area contributed by atoms with Crippen molar-refractivity contribution in [1.82, 2.24) is 19.5 Å². The van der Waals surface area contributed by atoms with Gasteiger partial charge in [-0.3, -0.25) is 4.98 Å². The van der Waals surface area contributed by atoms with Gasteiger partial charge in [-0.25, -0.2) is 9.97 Å². The molecule has 0 spiro atoms. The summed E-state index contributed by atoms with van der Waals surface area (Å²) in [6.45, 7) is 2.64. The third kappa shape index (κ3) is 3.52. The SMILES string of the molecule is CCc1cc(NCc2cc(Cl)c(Cl)n2C)nc(-c2ccncc2)n1. The molecule has 0 bridgehead atoms. The maximum absolute atomic E-state index is 6.10. The second-order valence-electron chi connectivity index (χ2n) is 5.34. The Balaban J connectivity index is 1.86. The molecule has 3 heterocycles. The molecule has 0 atom stereocenters. The van der Waals surface area contributed by atoms with Crippen LogP contribution in [0, 0.1) is 0 Å². The van der Waals surface area contributed by atoms with Crippen LogP contribution < -0.4 is 5.32 Å². The molecule has 0 fully saturated rings. The van der Waals surface area contributed by atoms with E-state index in [1.807, 2.05) is 35.9 Å². The zero-order valence-corrected chi connectivity index (χ0v) is 14.9. The minimum absolute atomic E-state index is 0.530. The maximum Gasteiger partial charge on any atom is 0.161 e. The predicted octanol–water partition coefficient (Wildman–Crippen LogP) is 4.36. The zero-order valence-electron chi connectivity index (χ0n) is 13.4. The Labute approximate surface area is 150 Å².